The van der Waals surface area contributed by atoms with Gasteiger partial charge in [-0.3, -0.25) is 4.79 Å². The number of carbonyl (C=O) groups is 2. The minimum atomic E-state index is -0.892. The topological polar surface area (TPSA) is 90.6 Å². The molecular formula is C14H19ClN2O4. The van der Waals surface area contributed by atoms with Crippen LogP contribution in [0.2, 0.25) is 5.02 Å². The van der Waals surface area contributed by atoms with Crippen molar-refractivity contribution >= 4 is 29.2 Å². The lowest BCUT2D eigenvalue weighted by Gasteiger charge is -2.13. The van der Waals surface area contributed by atoms with Gasteiger partial charge in [0, 0.05) is 20.3 Å². The Morgan fingerprint density at radius 3 is 2.76 bits per heavy atom. The van der Waals surface area contributed by atoms with Crippen LogP contribution in [-0.4, -0.2) is 38.2 Å². The van der Waals surface area contributed by atoms with Crippen LogP contribution in [0.5, 0.6) is 0 Å². The van der Waals surface area contributed by atoms with Gasteiger partial charge in [-0.1, -0.05) is 11.6 Å². The lowest BCUT2D eigenvalue weighted by molar-refractivity contribution is -0.129. The average molecular weight is 315 g/mol. The number of amides is 1. The molecule has 21 heavy (non-hydrogen) atoms. The lowest BCUT2D eigenvalue weighted by atomic mass is 10.2. The van der Waals surface area contributed by atoms with Gasteiger partial charge in [0.05, 0.1) is 16.3 Å². The molecule has 3 N–H and O–H groups in total. The number of carbonyl (C=O) groups excluding carboxylic acids is 2. The van der Waals surface area contributed by atoms with Crippen LogP contribution in [0.3, 0.4) is 0 Å². The van der Waals surface area contributed by atoms with Crippen LogP contribution in [0.4, 0.5) is 5.69 Å². The van der Waals surface area contributed by atoms with E-state index in [1.807, 2.05) is 0 Å². The van der Waals surface area contributed by atoms with Crippen molar-refractivity contribution in [1.82, 2.24) is 5.32 Å². The molecule has 0 bridgehead atoms. The molecule has 1 rings (SSSR count). The predicted octanol–water partition coefficient (Wildman–Crippen LogP) is 1.62. The molecule has 0 heterocycles. The lowest BCUT2D eigenvalue weighted by Crippen LogP contribution is -2.36. The SMILES string of the molecule is COCCCNC(=O)C(C)OC(=O)c1ccc(Cl)c(N)c1. The van der Waals surface area contributed by atoms with Crippen molar-refractivity contribution in [3.63, 3.8) is 0 Å². The van der Waals surface area contributed by atoms with Gasteiger partial charge >= 0.3 is 5.97 Å². The van der Waals surface area contributed by atoms with E-state index >= 15 is 0 Å². The summed E-state index contributed by atoms with van der Waals surface area (Å²) in [5, 5.41) is 3.01. The van der Waals surface area contributed by atoms with E-state index in [1.165, 1.54) is 25.1 Å². The Labute approximate surface area is 128 Å². The zero-order valence-corrected chi connectivity index (χ0v) is 12.8. The molecule has 1 amide bonds. The highest BCUT2D eigenvalue weighted by Gasteiger charge is 2.18. The molecule has 0 fully saturated rings. The number of ether oxygens (including phenoxy) is 2. The van der Waals surface area contributed by atoms with Gasteiger partial charge in [-0.2, -0.15) is 0 Å². The molecule has 0 saturated carbocycles. The van der Waals surface area contributed by atoms with E-state index in [2.05, 4.69) is 5.32 Å². The van der Waals surface area contributed by atoms with Crippen molar-refractivity contribution in [1.29, 1.82) is 0 Å². The van der Waals surface area contributed by atoms with Crippen LogP contribution < -0.4 is 11.1 Å². The fraction of sp³-hybridized carbons (Fsp3) is 0.429. The van der Waals surface area contributed by atoms with Gasteiger partial charge in [0.2, 0.25) is 0 Å². The number of anilines is 1. The number of nitrogens with one attached hydrogen (secondary N) is 1. The highest BCUT2D eigenvalue weighted by atomic mass is 35.5. The van der Waals surface area contributed by atoms with Crippen LogP contribution in [0.15, 0.2) is 18.2 Å². The van der Waals surface area contributed by atoms with Crippen molar-refractivity contribution in [2.24, 2.45) is 0 Å². The first-order valence-electron chi connectivity index (χ1n) is 6.48. The highest BCUT2D eigenvalue weighted by molar-refractivity contribution is 6.33. The monoisotopic (exact) mass is 314 g/mol. The normalized spacial score (nSPS) is 11.8. The quantitative estimate of drug-likeness (QED) is 0.453. The van der Waals surface area contributed by atoms with Gasteiger partial charge in [0.25, 0.3) is 5.91 Å². The van der Waals surface area contributed by atoms with E-state index in [4.69, 9.17) is 26.8 Å². The Bertz CT molecular complexity index is 508. The number of hydrogen-bond donors (Lipinski definition) is 2. The molecule has 0 aliphatic rings. The molecule has 1 atom stereocenters. The molecule has 0 aromatic heterocycles. The molecule has 0 spiro atoms. The summed E-state index contributed by atoms with van der Waals surface area (Å²) in [6.45, 7) is 2.52. The zero-order valence-electron chi connectivity index (χ0n) is 12.0. The van der Waals surface area contributed by atoms with Gasteiger partial charge in [0.15, 0.2) is 6.10 Å². The Balaban J connectivity index is 2.49. The van der Waals surface area contributed by atoms with Gasteiger partial charge < -0.3 is 20.5 Å². The van der Waals surface area contributed by atoms with Gasteiger partial charge in [-0.05, 0) is 31.5 Å². The maximum atomic E-state index is 11.9. The molecule has 1 aromatic rings. The summed E-state index contributed by atoms with van der Waals surface area (Å²) in [5.74, 6) is -0.987. The van der Waals surface area contributed by atoms with Crippen molar-refractivity contribution in [3.05, 3.63) is 28.8 Å². The van der Waals surface area contributed by atoms with Gasteiger partial charge in [-0.15, -0.1) is 0 Å². The van der Waals surface area contributed by atoms with E-state index in [9.17, 15) is 9.59 Å². The Hall–Kier alpha value is -1.79. The van der Waals surface area contributed by atoms with Gasteiger partial charge in [-0.25, -0.2) is 4.79 Å². The molecule has 1 unspecified atom stereocenters. The predicted molar refractivity (Wildman–Crippen MR) is 80.2 cm³/mol. The fourth-order valence-corrected chi connectivity index (χ4v) is 1.64. The van der Waals surface area contributed by atoms with Crippen LogP contribution in [-0.2, 0) is 14.3 Å². The van der Waals surface area contributed by atoms with Crippen molar-refractivity contribution in [3.8, 4) is 0 Å². The van der Waals surface area contributed by atoms with Crippen LogP contribution >= 0.6 is 11.6 Å². The largest absolute Gasteiger partial charge is 0.449 e. The third-order valence-corrected chi connectivity index (χ3v) is 3.05. The third kappa shape index (κ3) is 5.61. The van der Waals surface area contributed by atoms with Crippen molar-refractivity contribution in [2.45, 2.75) is 19.4 Å². The fourth-order valence-electron chi connectivity index (χ4n) is 1.52. The Morgan fingerprint density at radius 2 is 2.14 bits per heavy atom. The Kier molecular flexibility index (Phi) is 6.98. The van der Waals surface area contributed by atoms with E-state index in [0.717, 1.165) is 0 Å². The molecule has 116 valence electrons. The summed E-state index contributed by atoms with van der Waals surface area (Å²) in [6, 6.07) is 4.40. The number of nitrogen functional groups attached to an aromatic ring is 1. The van der Waals surface area contributed by atoms with E-state index < -0.39 is 12.1 Å². The third-order valence-electron chi connectivity index (χ3n) is 2.71. The maximum Gasteiger partial charge on any atom is 0.338 e. The van der Waals surface area contributed by atoms with Crippen molar-refractivity contribution in [2.75, 3.05) is 26.0 Å². The van der Waals surface area contributed by atoms with E-state index in [-0.39, 0.29) is 17.2 Å². The number of benzene rings is 1. The number of hydrogen-bond acceptors (Lipinski definition) is 5. The van der Waals surface area contributed by atoms with Gasteiger partial charge in [0.1, 0.15) is 0 Å². The molecule has 0 saturated heterocycles. The summed E-state index contributed by atoms with van der Waals surface area (Å²) >= 11 is 5.77. The average Bonchev–Trinajstić information content (AvgIpc) is 2.46. The van der Waals surface area contributed by atoms with E-state index in [0.29, 0.717) is 24.6 Å². The first kappa shape index (κ1) is 17.3. The number of rotatable bonds is 7. The minimum absolute atomic E-state index is 0.246. The first-order chi connectivity index (χ1) is 9.95. The molecule has 0 aliphatic carbocycles. The molecule has 1 aromatic carbocycles. The summed E-state index contributed by atoms with van der Waals surface area (Å²) in [5.41, 5.74) is 6.14. The number of esters is 1. The smallest absolute Gasteiger partial charge is 0.338 e. The zero-order chi connectivity index (χ0) is 15.8. The second-order valence-electron chi connectivity index (χ2n) is 4.42. The van der Waals surface area contributed by atoms with E-state index in [1.54, 1.807) is 7.11 Å². The second-order valence-corrected chi connectivity index (χ2v) is 4.83. The summed E-state index contributed by atoms with van der Waals surface area (Å²) in [6.07, 6.45) is -0.201. The highest BCUT2D eigenvalue weighted by Crippen LogP contribution is 2.20. The van der Waals surface area contributed by atoms with Crippen molar-refractivity contribution < 1.29 is 19.1 Å². The molecule has 0 radical (unpaired) electrons. The molecule has 7 heteroatoms. The number of methoxy groups -OCH3 is 1. The standard InChI is InChI=1S/C14H19ClN2O4/c1-9(13(18)17-6-3-7-20-2)21-14(19)10-4-5-11(15)12(16)8-10/h4-5,8-9H,3,6-7,16H2,1-2H3,(H,17,18). The molecule has 6 nitrogen and oxygen atoms in total. The number of halogens is 1. The number of nitrogens with two attached hydrogens (primary N) is 1. The maximum absolute atomic E-state index is 11.9. The first-order valence-corrected chi connectivity index (χ1v) is 6.86. The minimum Gasteiger partial charge on any atom is -0.449 e. The molecular weight excluding hydrogens is 296 g/mol. The second kappa shape index (κ2) is 8.49. The van der Waals surface area contributed by atoms with Crippen LogP contribution in [0.1, 0.15) is 23.7 Å². The Morgan fingerprint density at radius 1 is 1.43 bits per heavy atom. The van der Waals surface area contributed by atoms with Crippen LogP contribution in [0.25, 0.3) is 0 Å². The molecule has 0 aliphatic heterocycles. The summed E-state index contributed by atoms with van der Waals surface area (Å²) in [4.78, 5) is 23.6. The summed E-state index contributed by atoms with van der Waals surface area (Å²) in [7, 11) is 1.59. The van der Waals surface area contributed by atoms with Crippen LogP contribution in [0, 0.1) is 0 Å². The summed E-state index contributed by atoms with van der Waals surface area (Å²) < 4.78 is 9.94.